The summed E-state index contributed by atoms with van der Waals surface area (Å²) >= 11 is 0. The zero-order valence-electron chi connectivity index (χ0n) is 12.6. The van der Waals surface area contributed by atoms with E-state index in [1.165, 1.54) is 0 Å². The number of carbonyl (C=O) groups is 2. The maximum absolute atomic E-state index is 11.9. The second-order valence-electron chi connectivity index (χ2n) is 5.84. The van der Waals surface area contributed by atoms with Crippen LogP contribution in [0.1, 0.15) is 37.1 Å². The van der Waals surface area contributed by atoms with Crippen molar-refractivity contribution in [3.8, 4) is 0 Å². The zero-order valence-corrected chi connectivity index (χ0v) is 12.6. The molecule has 2 atom stereocenters. The lowest BCUT2D eigenvalue weighted by Crippen LogP contribution is -2.33. The van der Waals surface area contributed by atoms with Crippen LogP contribution in [0.4, 0.5) is 0 Å². The number of nitrogens with one attached hydrogen (secondary N) is 1. The van der Waals surface area contributed by atoms with Gasteiger partial charge in [-0.1, -0.05) is 6.42 Å². The molecule has 0 aromatic carbocycles. The number of carboxylic acid groups (broad SMARTS) is 1. The molecule has 2 unspecified atom stereocenters. The summed E-state index contributed by atoms with van der Waals surface area (Å²) in [5.74, 6) is -1.02. The maximum Gasteiger partial charge on any atom is 0.306 e. The van der Waals surface area contributed by atoms with Gasteiger partial charge in [0.15, 0.2) is 0 Å². The first kappa shape index (κ1) is 15.5. The SMILES string of the molecule is Cc1cc(C)n(CCC(=O)NCC2CCCC2C(=O)O)n1. The van der Waals surface area contributed by atoms with Crippen LogP contribution in [0.3, 0.4) is 0 Å². The summed E-state index contributed by atoms with van der Waals surface area (Å²) in [7, 11) is 0. The summed E-state index contributed by atoms with van der Waals surface area (Å²) in [5, 5.41) is 16.3. The third kappa shape index (κ3) is 4.06. The van der Waals surface area contributed by atoms with Crippen molar-refractivity contribution in [1.82, 2.24) is 15.1 Å². The number of rotatable bonds is 6. The first-order valence-corrected chi connectivity index (χ1v) is 7.48. The molecule has 0 bridgehead atoms. The number of aromatic nitrogens is 2. The van der Waals surface area contributed by atoms with Gasteiger partial charge in [-0.25, -0.2) is 0 Å². The van der Waals surface area contributed by atoms with E-state index in [9.17, 15) is 9.59 Å². The lowest BCUT2D eigenvalue weighted by molar-refractivity contribution is -0.143. The van der Waals surface area contributed by atoms with E-state index in [4.69, 9.17) is 5.11 Å². The van der Waals surface area contributed by atoms with Crippen molar-refractivity contribution in [3.63, 3.8) is 0 Å². The van der Waals surface area contributed by atoms with Crippen molar-refractivity contribution in [2.24, 2.45) is 11.8 Å². The minimum Gasteiger partial charge on any atom is -0.481 e. The molecule has 0 saturated heterocycles. The Bertz CT molecular complexity index is 524. The van der Waals surface area contributed by atoms with Crippen molar-refractivity contribution in [2.45, 2.75) is 46.1 Å². The molecule has 0 radical (unpaired) electrons. The topological polar surface area (TPSA) is 84.2 Å². The second kappa shape index (κ2) is 6.74. The van der Waals surface area contributed by atoms with Crippen LogP contribution >= 0.6 is 0 Å². The number of hydrogen-bond donors (Lipinski definition) is 2. The monoisotopic (exact) mass is 293 g/mol. The van der Waals surface area contributed by atoms with Gasteiger partial charge in [-0.15, -0.1) is 0 Å². The number of hydrogen-bond acceptors (Lipinski definition) is 3. The van der Waals surface area contributed by atoms with Gasteiger partial charge >= 0.3 is 5.97 Å². The fourth-order valence-electron chi connectivity index (χ4n) is 3.05. The number of aryl methyl sites for hydroxylation is 3. The molecule has 1 aromatic heterocycles. The van der Waals surface area contributed by atoms with E-state index in [-0.39, 0.29) is 17.7 Å². The van der Waals surface area contributed by atoms with Crippen LogP contribution in [0.2, 0.25) is 0 Å². The van der Waals surface area contributed by atoms with Crippen molar-refractivity contribution >= 4 is 11.9 Å². The van der Waals surface area contributed by atoms with Crippen molar-refractivity contribution in [3.05, 3.63) is 17.5 Å². The third-order valence-corrected chi connectivity index (χ3v) is 4.19. The molecule has 0 aliphatic heterocycles. The summed E-state index contributed by atoms with van der Waals surface area (Å²) in [4.78, 5) is 23.0. The van der Waals surface area contributed by atoms with E-state index in [0.29, 0.717) is 19.5 Å². The Labute approximate surface area is 124 Å². The van der Waals surface area contributed by atoms with Gasteiger partial charge in [-0.3, -0.25) is 14.3 Å². The summed E-state index contributed by atoms with van der Waals surface area (Å²) in [6.45, 7) is 4.91. The largest absolute Gasteiger partial charge is 0.481 e. The highest BCUT2D eigenvalue weighted by molar-refractivity contribution is 5.76. The van der Waals surface area contributed by atoms with Crippen molar-refractivity contribution in [2.75, 3.05) is 6.54 Å². The zero-order chi connectivity index (χ0) is 15.4. The molecule has 6 heteroatoms. The Kier molecular flexibility index (Phi) is 4.98. The number of amides is 1. The van der Waals surface area contributed by atoms with Crippen LogP contribution in [-0.2, 0) is 16.1 Å². The summed E-state index contributed by atoms with van der Waals surface area (Å²) in [5.41, 5.74) is 1.99. The highest BCUT2D eigenvalue weighted by Crippen LogP contribution is 2.31. The predicted octanol–water partition coefficient (Wildman–Crippen LogP) is 1.51. The van der Waals surface area contributed by atoms with Crippen LogP contribution in [0.25, 0.3) is 0 Å². The molecule has 2 N–H and O–H groups in total. The quantitative estimate of drug-likeness (QED) is 0.832. The highest BCUT2D eigenvalue weighted by Gasteiger charge is 2.32. The first-order valence-electron chi connectivity index (χ1n) is 7.48. The molecule has 6 nitrogen and oxygen atoms in total. The molecule has 1 heterocycles. The summed E-state index contributed by atoms with van der Waals surface area (Å²) < 4.78 is 1.82. The van der Waals surface area contributed by atoms with E-state index in [1.54, 1.807) is 0 Å². The maximum atomic E-state index is 11.9. The normalized spacial score (nSPS) is 21.4. The molecule has 2 rings (SSSR count). The third-order valence-electron chi connectivity index (χ3n) is 4.19. The van der Waals surface area contributed by atoms with Crippen LogP contribution in [-0.4, -0.2) is 33.3 Å². The van der Waals surface area contributed by atoms with Crippen molar-refractivity contribution in [1.29, 1.82) is 0 Å². The Morgan fingerprint density at radius 3 is 2.81 bits per heavy atom. The molecule has 21 heavy (non-hydrogen) atoms. The second-order valence-corrected chi connectivity index (χ2v) is 5.84. The lowest BCUT2D eigenvalue weighted by Gasteiger charge is -2.16. The Balaban J connectivity index is 1.75. The van der Waals surface area contributed by atoms with Crippen LogP contribution in [0.15, 0.2) is 6.07 Å². The minimum absolute atomic E-state index is 0.0430. The smallest absolute Gasteiger partial charge is 0.306 e. The van der Waals surface area contributed by atoms with Gasteiger partial charge in [0.25, 0.3) is 0 Å². The van der Waals surface area contributed by atoms with Gasteiger partial charge < -0.3 is 10.4 Å². The van der Waals surface area contributed by atoms with Gasteiger partial charge in [0.1, 0.15) is 0 Å². The van der Waals surface area contributed by atoms with Gasteiger partial charge in [-0.2, -0.15) is 5.10 Å². The first-order chi connectivity index (χ1) is 9.97. The summed E-state index contributed by atoms with van der Waals surface area (Å²) in [6.07, 6.45) is 2.91. The highest BCUT2D eigenvalue weighted by atomic mass is 16.4. The average Bonchev–Trinajstić information content (AvgIpc) is 3.00. The Morgan fingerprint density at radius 2 is 2.19 bits per heavy atom. The van der Waals surface area contributed by atoms with Crippen LogP contribution in [0.5, 0.6) is 0 Å². The number of carbonyl (C=O) groups excluding carboxylic acids is 1. The molecule has 1 aromatic rings. The van der Waals surface area contributed by atoms with E-state index in [1.807, 2.05) is 24.6 Å². The molecular formula is C15H23N3O3. The molecule has 116 valence electrons. The van der Waals surface area contributed by atoms with Gasteiger partial charge in [0, 0.05) is 25.2 Å². The van der Waals surface area contributed by atoms with Crippen LogP contribution in [0, 0.1) is 25.7 Å². The van der Waals surface area contributed by atoms with Crippen LogP contribution < -0.4 is 5.32 Å². The standard InChI is InChI=1S/C15H23N3O3/c1-10-8-11(2)18(17-10)7-6-14(19)16-9-12-4-3-5-13(12)15(20)21/h8,12-13H,3-7,9H2,1-2H3,(H,16,19)(H,20,21). The number of aliphatic carboxylic acids is 1. The van der Waals surface area contributed by atoms with Gasteiger partial charge in [0.05, 0.1) is 11.6 Å². The van der Waals surface area contributed by atoms with E-state index < -0.39 is 5.97 Å². The van der Waals surface area contributed by atoms with E-state index in [2.05, 4.69) is 10.4 Å². The summed E-state index contributed by atoms with van der Waals surface area (Å²) in [6, 6.07) is 1.98. The Morgan fingerprint density at radius 1 is 1.43 bits per heavy atom. The van der Waals surface area contributed by atoms with E-state index in [0.717, 1.165) is 30.7 Å². The lowest BCUT2D eigenvalue weighted by atomic mass is 9.96. The Hall–Kier alpha value is -1.85. The minimum atomic E-state index is -0.741. The predicted molar refractivity (Wildman–Crippen MR) is 77.8 cm³/mol. The van der Waals surface area contributed by atoms with Gasteiger partial charge in [-0.05, 0) is 38.7 Å². The molecular weight excluding hydrogens is 270 g/mol. The molecule has 1 aliphatic carbocycles. The molecule has 1 fully saturated rings. The molecule has 1 amide bonds. The molecule has 1 aliphatic rings. The number of nitrogens with zero attached hydrogens (tertiary/aromatic N) is 2. The van der Waals surface area contributed by atoms with Crippen molar-refractivity contribution < 1.29 is 14.7 Å². The fraction of sp³-hybridized carbons (Fsp3) is 0.667. The number of carboxylic acids is 1. The molecule has 1 saturated carbocycles. The van der Waals surface area contributed by atoms with E-state index >= 15 is 0 Å². The average molecular weight is 293 g/mol. The molecule has 0 spiro atoms. The fourth-order valence-corrected chi connectivity index (χ4v) is 3.05. The van der Waals surface area contributed by atoms with Gasteiger partial charge in [0.2, 0.25) is 5.91 Å².